The highest BCUT2D eigenvalue weighted by Crippen LogP contribution is 2.15. The van der Waals surface area contributed by atoms with Gasteiger partial charge in [0.1, 0.15) is 0 Å². The van der Waals surface area contributed by atoms with Gasteiger partial charge in [-0.1, -0.05) is 18.2 Å². The molecular weight excluding hydrogens is 479 g/mol. The molecule has 1 atom stereocenters. The number of aromatic nitrogens is 1. The zero-order chi connectivity index (χ0) is 19.4. The lowest BCUT2D eigenvalue weighted by Gasteiger charge is -2.13. The van der Waals surface area contributed by atoms with Crippen molar-refractivity contribution in [2.75, 3.05) is 39.5 Å². The number of aliphatic imine (C=N–C) groups is 1. The third-order valence-corrected chi connectivity index (χ3v) is 4.94. The van der Waals surface area contributed by atoms with Gasteiger partial charge in [0.2, 0.25) is 0 Å². The van der Waals surface area contributed by atoms with Crippen molar-refractivity contribution in [3.8, 4) is 0 Å². The van der Waals surface area contributed by atoms with Crippen molar-refractivity contribution < 1.29 is 9.47 Å². The molecule has 0 amide bonds. The molecular formula is C22H35IN4O2. The Balaban J connectivity index is 0.00000300. The highest BCUT2D eigenvalue weighted by Gasteiger charge is 2.14. The lowest BCUT2D eigenvalue weighted by molar-refractivity contribution is 0.0168. The molecule has 29 heavy (non-hydrogen) atoms. The molecule has 0 saturated carbocycles. The van der Waals surface area contributed by atoms with Gasteiger partial charge in [0.15, 0.2) is 5.96 Å². The Bertz CT molecular complexity index is 728. The van der Waals surface area contributed by atoms with E-state index in [1.165, 1.54) is 17.3 Å². The number of nitrogens with zero attached hydrogens (tertiary/aromatic N) is 2. The Hall–Kier alpha value is -1.32. The first-order valence-corrected chi connectivity index (χ1v) is 10.6. The SMILES string of the molecule is CCNC(=NCCCn1ccc2ccccc21)NCCCOCC1CCCO1.I. The van der Waals surface area contributed by atoms with Crippen molar-refractivity contribution in [2.24, 2.45) is 4.99 Å². The van der Waals surface area contributed by atoms with E-state index in [0.717, 1.165) is 71.2 Å². The molecule has 2 N–H and O–H groups in total. The minimum atomic E-state index is 0. The number of ether oxygens (including phenoxy) is 2. The van der Waals surface area contributed by atoms with E-state index in [0.29, 0.717) is 6.10 Å². The molecule has 1 aromatic carbocycles. The topological polar surface area (TPSA) is 59.8 Å². The zero-order valence-corrected chi connectivity index (χ0v) is 19.8. The van der Waals surface area contributed by atoms with Gasteiger partial charge >= 0.3 is 0 Å². The second kappa shape index (κ2) is 13.8. The summed E-state index contributed by atoms with van der Waals surface area (Å²) < 4.78 is 13.6. The lowest BCUT2D eigenvalue weighted by Crippen LogP contribution is -2.38. The third kappa shape index (κ3) is 8.14. The monoisotopic (exact) mass is 514 g/mol. The number of hydrogen-bond donors (Lipinski definition) is 2. The summed E-state index contributed by atoms with van der Waals surface area (Å²) in [6, 6.07) is 10.7. The molecule has 0 bridgehead atoms. The van der Waals surface area contributed by atoms with Crippen LogP contribution in [0.3, 0.4) is 0 Å². The zero-order valence-electron chi connectivity index (χ0n) is 17.4. The van der Waals surface area contributed by atoms with Crippen LogP contribution in [0.15, 0.2) is 41.5 Å². The minimum absolute atomic E-state index is 0. The first-order valence-electron chi connectivity index (χ1n) is 10.6. The van der Waals surface area contributed by atoms with Crippen molar-refractivity contribution in [1.29, 1.82) is 0 Å². The maximum atomic E-state index is 5.71. The molecule has 1 aliphatic rings. The van der Waals surface area contributed by atoms with Crippen LogP contribution in [0.2, 0.25) is 0 Å². The van der Waals surface area contributed by atoms with Crippen molar-refractivity contribution in [2.45, 2.75) is 45.3 Å². The molecule has 7 heteroatoms. The molecule has 0 aliphatic carbocycles. The Morgan fingerprint density at radius 3 is 2.97 bits per heavy atom. The van der Waals surface area contributed by atoms with Crippen LogP contribution in [0.25, 0.3) is 10.9 Å². The smallest absolute Gasteiger partial charge is 0.191 e. The molecule has 3 rings (SSSR count). The quantitative estimate of drug-likeness (QED) is 0.207. The van der Waals surface area contributed by atoms with Gasteiger partial charge in [-0.3, -0.25) is 4.99 Å². The molecule has 162 valence electrons. The summed E-state index contributed by atoms with van der Waals surface area (Å²) in [5.41, 5.74) is 1.29. The van der Waals surface area contributed by atoms with E-state index in [-0.39, 0.29) is 24.0 Å². The first-order chi connectivity index (χ1) is 13.9. The van der Waals surface area contributed by atoms with Crippen molar-refractivity contribution >= 4 is 40.8 Å². The molecule has 1 fully saturated rings. The standard InChI is InChI=1S/C22H34N4O2.HI/c1-2-23-22(25-13-7-16-27-18-20-9-5-17-28-20)24-12-6-14-26-15-11-19-8-3-4-10-21(19)26;/h3-4,8,10-11,15,20H,2,5-7,9,12-14,16-18H2,1H3,(H2,23,24,25);1H. The number of aryl methyl sites for hydroxylation is 1. The number of benzene rings is 1. The van der Waals surface area contributed by atoms with Gasteiger partial charge in [-0.05, 0) is 50.1 Å². The van der Waals surface area contributed by atoms with E-state index in [4.69, 9.17) is 14.5 Å². The summed E-state index contributed by atoms with van der Waals surface area (Å²) in [5, 5.41) is 8.00. The van der Waals surface area contributed by atoms with E-state index in [1.54, 1.807) is 0 Å². The highest BCUT2D eigenvalue weighted by molar-refractivity contribution is 14.0. The predicted octanol–water partition coefficient (Wildman–Crippen LogP) is 3.79. The largest absolute Gasteiger partial charge is 0.379 e. The third-order valence-electron chi connectivity index (χ3n) is 4.94. The Morgan fingerprint density at radius 2 is 2.14 bits per heavy atom. The average Bonchev–Trinajstić information content (AvgIpc) is 3.38. The summed E-state index contributed by atoms with van der Waals surface area (Å²) in [6.07, 6.45) is 6.75. The number of halogens is 1. The Labute approximate surface area is 191 Å². The van der Waals surface area contributed by atoms with Gasteiger partial charge in [0.05, 0.1) is 12.7 Å². The Kier molecular flexibility index (Phi) is 11.4. The summed E-state index contributed by atoms with van der Waals surface area (Å²) in [4.78, 5) is 4.69. The van der Waals surface area contributed by atoms with Gasteiger partial charge in [-0.15, -0.1) is 24.0 Å². The van der Waals surface area contributed by atoms with Crippen LogP contribution in [-0.4, -0.2) is 56.1 Å². The van der Waals surface area contributed by atoms with Crippen LogP contribution >= 0.6 is 24.0 Å². The number of fused-ring (bicyclic) bond motifs is 1. The number of para-hydroxylation sites is 1. The maximum absolute atomic E-state index is 5.71. The fourth-order valence-corrected chi connectivity index (χ4v) is 3.48. The van der Waals surface area contributed by atoms with Gasteiger partial charge in [-0.2, -0.15) is 0 Å². The number of rotatable bonds is 11. The predicted molar refractivity (Wildman–Crippen MR) is 130 cm³/mol. The van der Waals surface area contributed by atoms with Gasteiger partial charge in [-0.25, -0.2) is 0 Å². The van der Waals surface area contributed by atoms with Crippen LogP contribution in [0, 0.1) is 0 Å². The van der Waals surface area contributed by atoms with E-state index in [2.05, 4.69) is 58.7 Å². The molecule has 1 unspecified atom stereocenters. The van der Waals surface area contributed by atoms with E-state index >= 15 is 0 Å². The normalized spacial score (nSPS) is 16.7. The second-order valence-electron chi connectivity index (χ2n) is 7.17. The van der Waals surface area contributed by atoms with Gasteiger partial charge in [0, 0.05) is 51.1 Å². The van der Waals surface area contributed by atoms with Crippen LogP contribution < -0.4 is 10.6 Å². The van der Waals surface area contributed by atoms with E-state index < -0.39 is 0 Å². The average molecular weight is 514 g/mol. The number of nitrogens with one attached hydrogen (secondary N) is 2. The summed E-state index contributed by atoms with van der Waals surface area (Å²) in [5.74, 6) is 0.888. The minimum Gasteiger partial charge on any atom is -0.379 e. The molecule has 2 aromatic rings. The summed E-state index contributed by atoms with van der Waals surface area (Å²) >= 11 is 0. The van der Waals surface area contributed by atoms with E-state index in [9.17, 15) is 0 Å². The molecule has 1 saturated heterocycles. The molecule has 1 aliphatic heterocycles. The molecule has 0 radical (unpaired) electrons. The van der Waals surface area contributed by atoms with Gasteiger partial charge < -0.3 is 24.7 Å². The fraction of sp³-hybridized carbons (Fsp3) is 0.591. The lowest BCUT2D eigenvalue weighted by atomic mass is 10.2. The number of hydrogen-bond acceptors (Lipinski definition) is 3. The van der Waals surface area contributed by atoms with Crippen molar-refractivity contribution in [1.82, 2.24) is 15.2 Å². The summed E-state index contributed by atoms with van der Waals surface area (Å²) in [6.45, 7) is 7.97. The van der Waals surface area contributed by atoms with Crippen LogP contribution in [0.5, 0.6) is 0 Å². The molecule has 1 aromatic heterocycles. The second-order valence-corrected chi connectivity index (χ2v) is 7.17. The van der Waals surface area contributed by atoms with Crippen LogP contribution in [0.1, 0.15) is 32.6 Å². The summed E-state index contributed by atoms with van der Waals surface area (Å²) in [7, 11) is 0. The van der Waals surface area contributed by atoms with Gasteiger partial charge in [0.25, 0.3) is 0 Å². The Morgan fingerprint density at radius 1 is 1.24 bits per heavy atom. The maximum Gasteiger partial charge on any atom is 0.191 e. The van der Waals surface area contributed by atoms with Crippen LogP contribution in [-0.2, 0) is 16.0 Å². The van der Waals surface area contributed by atoms with E-state index in [1.807, 2.05) is 0 Å². The molecule has 6 nitrogen and oxygen atoms in total. The molecule has 2 heterocycles. The fourth-order valence-electron chi connectivity index (χ4n) is 3.48. The molecule has 0 spiro atoms. The highest BCUT2D eigenvalue weighted by atomic mass is 127. The first kappa shape index (κ1) is 24.0. The van der Waals surface area contributed by atoms with Crippen molar-refractivity contribution in [3.63, 3.8) is 0 Å². The number of guanidine groups is 1. The van der Waals surface area contributed by atoms with Crippen LogP contribution in [0.4, 0.5) is 0 Å². The van der Waals surface area contributed by atoms with Crippen molar-refractivity contribution in [3.05, 3.63) is 36.5 Å².